The zero-order valence-corrected chi connectivity index (χ0v) is 7.69. The number of rotatable bonds is 2. The van der Waals surface area contributed by atoms with Crippen LogP contribution in [-0.4, -0.2) is 6.29 Å². The highest BCUT2D eigenvalue weighted by Crippen LogP contribution is 2.19. The predicted molar refractivity (Wildman–Crippen MR) is 50.4 cm³/mol. The van der Waals surface area contributed by atoms with E-state index in [1.807, 2.05) is 12.1 Å². The van der Waals surface area contributed by atoms with Crippen molar-refractivity contribution in [2.24, 2.45) is 0 Å². The molecule has 0 heterocycles. The lowest BCUT2D eigenvalue weighted by atomic mass is 9.95. The van der Waals surface area contributed by atoms with Crippen molar-refractivity contribution in [3.63, 3.8) is 0 Å². The normalized spacial score (nSPS) is 11.1. The number of benzene rings is 1. The fourth-order valence-electron chi connectivity index (χ4n) is 1.18. The Bertz CT molecular complexity index is 438. The molecular formula is C11H8N2O. The van der Waals surface area contributed by atoms with Crippen LogP contribution in [0, 0.1) is 22.7 Å². The Kier molecular flexibility index (Phi) is 2.99. The molecule has 0 spiro atoms. The van der Waals surface area contributed by atoms with Crippen LogP contribution >= 0.6 is 0 Å². The zero-order chi connectivity index (χ0) is 10.6. The molecule has 3 nitrogen and oxygen atoms in total. The van der Waals surface area contributed by atoms with Crippen LogP contribution in [0.2, 0.25) is 0 Å². The summed E-state index contributed by atoms with van der Waals surface area (Å²) in [5.41, 5.74) is 1.53. The number of aldehydes is 1. The van der Waals surface area contributed by atoms with Gasteiger partial charge in [-0.1, -0.05) is 6.92 Å². The molecule has 0 radical (unpaired) electrons. The maximum atomic E-state index is 10.6. The molecule has 0 amide bonds. The monoisotopic (exact) mass is 184 g/mol. The molecule has 1 rings (SSSR count). The summed E-state index contributed by atoms with van der Waals surface area (Å²) in [7, 11) is 0. The third-order valence-corrected chi connectivity index (χ3v) is 2.00. The van der Waals surface area contributed by atoms with E-state index < -0.39 is 0 Å². The number of carbonyl (C=O) groups excluding carboxylic acids is 1. The van der Waals surface area contributed by atoms with Gasteiger partial charge in [0.15, 0.2) is 0 Å². The van der Waals surface area contributed by atoms with Crippen LogP contribution in [0.4, 0.5) is 0 Å². The van der Waals surface area contributed by atoms with Crippen molar-refractivity contribution in [1.29, 1.82) is 10.5 Å². The Morgan fingerprint density at radius 2 is 2.07 bits per heavy atom. The van der Waals surface area contributed by atoms with Crippen LogP contribution < -0.4 is 0 Å². The van der Waals surface area contributed by atoms with E-state index in [2.05, 4.69) is 0 Å². The number of nitriles is 2. The summed E-state index contributed by atoms with van der Waals surface area (Å²) in [6.45, 7) is 1.70. The summed E-state index contributed by atoms with van der Waals surface area (Å²) >= 11 is 0. The number of hydrogen-bond donors (Lipinski definition) is 0. The first-order valence-corrected chi connectivity index (χ1v) is 4.12. The van der Waals surface area contributed by atoms with E-state index in [0.717, 1.165) is 6.29 Å². The van der Waals surface area contributed by atoms with Gasteiger partial charge >= 0.3 is 0 Å². The van der Waals surface area contributed by atoms with Gasteiger partial charge in [-0.05, 0) is 23.8 Å². The molecular weight excluding hydrogens is 176 g/mol. The fourth-order valence-corrected chi connectivity index (χ4v) is 1.18. The number of carbonyl (C=O) groups is 1. The van der Waals surface area contributed by atoms with Gasteiger partial charge in [0.05, 0.1) is 23.3 Å². The van der Waals surface area contributed by atoms with E-state index in [1.165, 1.54) is 0 Å². The summed E-state index contributed by atoms with van der Waals surface area (Å²) < 4.78 is 0. The molecule has 0 aliphatic rings. The Balaban J connectivity index is 3.31. The molecule has 0 saturated carbocycles. The van der Waals surface area contributed by atoms with Crippen molar-refractivity contribution < 1.29 is 4.79 Å². The highest BCUT2D eigenvalue weighted by atomic mass is 16.1. The molecule has 0 aliphatic carbocycles. The summed E-state index contributed by atoms with van der Waals surface area (Å²) in [6.07, 6.45) is 0.761. The Morgan fingerprint density at radius 1 is 1.36 bits per heavy atom. The molecule has 1 unspecified atom stereocenters. The molecule has 0 saturated heterocycles. The highest BCUT2D eigenvalue weighted by molar-refractivity contribution is 5.64. The fraction of sp³-hybridized carbons (Fsp3) is 0.182. The molecule has 1 aromatic rings. The van der Waals surface area contributed by atoms with E-state index in [0.29, 0.717) is 16.7 Å². The topological polar surface area (TPSA) is 64.7 Å². The Morgan fingerprint density at radius 3 is 2.57 bits per heavy atom. The first kappa shape index (κ1) is 9.95. The Labute approximate surface area is 82.2 Å². The SMILES string of the molecule is CC(C=O)c1cc(C#N)ccc1C#N. The second-order valence-electron chi connectivity index (χ2n) is 2.95. The van der Waals surface area contributed by atoms with Crippen LogP contribution in [0.25, 0.3) is 0 Å². The van der Waals surface area contributed by atoms with Crippen molar-refractivity contribution >= 4 is 6.29 Å². The van der Waals surface area contributed by atoms with E-state index in [-0.39, 0.29) is 5.92 Å². The number of nitrogens with zero attached hydrogens (tertiary/aromatic N) is 2. The van der Waals surface area contributed by atoms with Crippen molar-refractivity contribution in [3.05, 3.63) is 34.9 Å². The summed E-state index contributed by atoms with van der Waals surface area (Å²) in [5, 5.41) is 17.4. The molecule has 0 aromatic heterocycles. The second kappa shape index (κ2) is 4.20. The summed E-state index contributed by atoms with van der Waals surface area (Å²) in [5.74, 6) is -0.349. The van der Waals surface area contributed by atoms with Crippen molar-refractivity contribution in [3.8, 4) is 12.1 Å². The van der Waals surface area contributed by atoms with E-state index in [9.17, 15) is 4.79 Å². The van der Waals surface area contributed by atoms with Gasteiger partial charge in [-0.3, -0.25) is 0 Å². The van der Waals surface area contributed by atoms with Crippen molar-refractivity contribution in [1.82, 2.24) is 0 Å². The molecule has 3 heteroatoms. The lowest BCUT2D eigenvalue weighted by Crippen LogP contribution is -1.98. The second-order valence-corrected chi connectivity index (χ2v) is 2.95. The molecule has 1 aromatic carbocycles. The molecule has 0 bridgehead atoms. The molecule has 1 atom stereocenters. The van der Waals surface area contributed by atoms with Gasteiger partial charge < -0.3 is 4.79 Å². The average Bonchev–Trinajstić information content (AvgIpc) is 2.27. The van der Waals surface area contributed by atoms with Crippen LogP contribution in [0.3, 0.4) is 0 Å². The summed E-state index contributed by atoms with van der Waals surface area (Å²) in [6, 6.07) is 8.68. The largest absolute Gasteiger partial charge is 0.303 e. The van der Waals surface area contributed by atoms with Gasteiger partial charge in [0.2, 0.25) is 0 Å². The van der Waals surface area contributed by atoms with Gasteiger partial charge in [0, 0.05) is 5.92 Å². The smallest absolute Gasteiger partial charge is 0.127 e. The number of hydrogen-bond acceptors (Lipinski definition) is 3. The average molecular weight is 184 g/mol. The van der Waals surface area contributed by atoms with Crippen LogP contribution in [0.15, 0.2) is 18.2 Å². The predicted octanol–water partition coefficient (Wildman–Crippen LogP) is 1.73. The third kappa shape index (κ3) is 1.78. The van der Waals surface area contributed by atoms with Crippen molar-refractivity contribution in [2.75, 3.05) is 0 Å². The van der Waals surface area contributed by atoms with Crippen molar-refractivity contribution in [2.45, 2.75) is 12.8 Å². The van der Waals surface area contributed by atoms with Crippen LogP contribution in [-0.2, 0) is 4.79 Å². The molecule has 68 valence electrons. The summed E-state index contributed by atoms with van der Waals surface area (Å²) in [4.78, 5) is 10.6. The van der Waals surface area contributed by atoms with Crippen LogP contribution in [0.5, 0.6) is 0 Å². The molecule has 0 N–H and O–H groups in total. The minimum atomic E-state index is -0.349. The highest BCUT2D eigenvalue weighted by Gasteiger charge is 2.10. The van der Waals surface area contributed by atoms with E-state index in [4.69, 9.17) is 10.5 Å². The first-order chi connectivity index (χ1) is 6.72. The maximum Gasteiger partial charge on any atom is 0.127 e. The van der Waals surface area contributed by atoms with Gasteiger partial charge in [-0.2, -0.15) is 10.5 Å². The molecule has 0 aliphatic heterocycles. The van der Waals surface area contributed by atoms with Crippen LogP contribution in [0.1, 0.15) is 29.5 Å². The molecule has 14 heavy (non-hydrogen) atoms. The quantitative estimate of drug-likeness (QED) is 0.657. The van der Waals surface area contributed by atoms with Gasteiger partial charge in [0.25, 0.3) is 0 Å². The van der Waals surface area contributed by atoms with E-state index >= 15 is 0 Å². The third-order valence-electron chi connectivity index (χ3n) is 2.00. The van der Waals surface area contributed by atoms with E-state index in [1.54, 1.807) is 25.1 Å². The minimum Gasteiger partial charge on any atom is -0.303 e. The molecule has 0 fully saturated rings. The lowest BCUT2D eigenvalue weighted by Gasteiger charge is -2.06. The van der Waals surface area contributed by atoms with Gasteiger partial charge in [0.1, 0.15) is 6.29 Å². The van der Waals surface area contributed by atoms with Gasteiger partial charge in [-0.15, -0.1) is 0 Å². The lowest BCUT2D eigenvalue weighted by molar-refractivity contribution is -0.108. The zero-order valence-electron chi connectivity index (χ0n) is 7.69. The Hall–Kier alpha value is -2.13. The van der Waals surface area contributed by atoms with Gasteiger partial charge in [-0.25, -0.2) is 0 Å². The first-order valence-electron chi connectivity index (χ1n) is 4.12. The maximum absolute atomic E-state index is 10.6. The standard InChI is InChI=1S/C11H8N2O/c1-8(7-14)11-4-9(5-12)2-3-10(11)6-13/h2-4,7-8H,1H3. The minimum absolute atomic E-state index is 0.349.